The van der Waals surface area contributed by atoms with Crippen LogP contribution in [-0.4, -0.2) is 53.3 Å². The van der Waals surface area contributed by atoms with Crippen molar-refractivity contribution in [1.29, 1.82) is 0 Å². The van der Waals surface area contributed by atoms with Gasteiger partial charge >= 0.3 is 12.0 Å². The molecule has 0 aromatic carbocycles. The van der Waals surface area contributed by atoms with Crippen LogP contribution in [0.15, 0.2) is 0 Å². The molecule has 0 bridgehead atoms. The normalized spacial score (nSPS) is 24.6. The Balaban J connectivity index is 2.57. The molecule has 3 unspecified atom stereocenters. The molecule has 1 fully saturated rings. The molecular weight excluding hydrogens is 248 g/mol. The van der Waals surface area contributed by atoms with Gasteiger partial charge in [0.1, 0.15) is 6.54 Å². The Bertz CT molecular complexity index is 322. The van der Waals surface area contributed by atoms with E-state index in [1.165, 1.54) is 4.90 Å². The first-order chi connectivity index (χ1) is 8.93. The first-order valence-corrected chi connectivity index (χ1v) is 6.84. The Kier molecular flexibility index (Phi) is 6.08. The molecule has 19 heavy (non-hydrogen) atoms. The van der Waals surface area contributed by atoms with Gasteiger partial charge in [0.25, 0.3) is 0 Å². The summed E-state index contributed by atoms with van der Waals surface area (Å²) >= 11 is 0. The topological polar surface area (TPSA) is 78.9 Å². The highest BCUT2D eigenvalue weighted by Crippen LogP contribution is 2.14. The maximum absolute atomic E-state index is 12.2. The van der Waals surface area contributed by atoms with E-state index in [0.29, 0.717) is 6.61 Å². The quantitative estimate of drug-likeness (QED) is 0.794. The number of urea groups is 1. The molecule has 1 saturated heterocycles. The second kappa shape index (κ2) is 7.33. The van der Waals surface area contributed by atoms with Gasteiger partial charge in [0.15, 0.2) is 0 Å². The summed E-state index contributed by atoms with van der Waals surface area (Å²) in [6.45, 7) is 6.13. The highest BCUT2D eigenvalue weighted by molar-refractivity contribution is 5.80. The van der Waals surface area contributed by atoms with Crippen LogP contribution in [-0.2, 0) is 9.53 Å². The SMILES string of the molecule is CCC(C)N(CC(=O)O)C(=O)NC1CCOC(C)C1. The summed E-state index contributed by atoms with van der Waals surface area (Å²) in [6, 6.07) is -0.319. The number of nitrogens with one attached hydrogen (secondary N) is 1. The van der Waals surface area contributed by atoms with E-state index in [1.54, 1.807) is 0 Å². The molecule has 2 N–H and O–H groups in total. The highest BCUT2D eigenvalue weighted by Gasteiger charge is 2.26. The second-order valence-corrected chi connectivity index (χ2v) is 5.13. The van der Waals surface area contributed by atoms with Crippen LogP contribution < -0.4 is 5.32 Å². The van der Waals surface area contributed by atoms with Crippen LogP contribution in [0.3, 0.4) is 0 Å². The molecule has 0 spiro atoms. The molecule has 1 rings (SSSR count). The number of hydrogen-bond acceptors (Lipinski definition) is 3. The first-order valence-electron chi connectivity index (χ1n) is 6.84. The molecule has 1 aliphatic heterocycles. The number of hydrogen-bond donors (Lipinski definition) is 2. The van der Waals surface area contributed by atoms with Gasteiger partial charge in [-0.3, -0.25) is 4.79 Å². The maximum atomic E-state index is 12.2. The lowest BCUT2D eigenvalue weighted by Crippen LogP contribution is -2.51. The fourth-order valence-corrected chi connectivity index (χ4v) is 2.18. The largest absolute Gasteiger partial charge is 0.480 e. The summed E-state index contributed by atoms with van der Waals surface area (Å²) in [4.78, 5) is 24.4. The molecule has 0 aromatic rings. The fraction of sp³-hybridized carbons (Fsp3) is 0.846. The van der Waals surface area contributed by atoms with Crippen LogP contribution >= 0.6 is 0 Å². The van der Waals surface area contributed by atoms with Crippen molar-refractivity contribution in [2.24, 2.45) is 0 Å². The van der Waals surface area contributed by atoms with E-state index >= 15 is 0 Å². The van der Waals surface area contributed by atoms with Gasteiger partial charge in [-0.05, 0) is 33.1 Å². The predicted molar refractivity (Wildman–Crippen MR) is 71.1 cm³/mol. The van der Waals surface area contributed by atoms with E-state index in [4.69, 9.17) is 9.84 Å². The minimum atomic E-state index is -0.990. The van der Waals surface area contributed by atoms with Gasteiger partial charge in [-0.15, -0.1) is 0 Å². The van der Waals surface area contributed by atoms with Gasteiger partial charge in [-0.1, -0.05) is 6.92 Å². The number of carboxylic acid groups (broad SMARTS) is 1. The van der Waals surface area contributed by atoms with Crippen molar-refractivity contribution in [3.63, 3.8) is 0 Å². The van der Waals surface area contributed by atoms with E-state index in [-0.39, 0.29) is 30.8 Å². The van der Waals surface area contributed by atoms with Crippen molar-refractivity contribution in [1.82, 2.24) is 10.2 Å². The Morgan fingerprint density at radius 3 is 2.74 bits per heavy atom. The number of rotatable bonds is 5. The summed E-state index contributed by atoms with van der Waals surface area (Å²) < 4.78 is 5.42. The summed E-state index contributed by atoms with van der Waals surface area (Å²) in [7, 11) is 0. The third-order valence-corrected chi connectivity index (χ3v) is 3.50. The highest BCUT2D eigenvalue weighted by atomic mass is 16.5. The van der Waals surface area contributed by atoms with Gasteiger partial charge < -0.3 is 20.1 Å². The van der Waals surface area contributed by atoms with Gasteiger partial charge in [-0.25, -0.2) is 4.79 Å². The van der Waals surface area contributed by atoms with Gasteiger partial charge in [0.05, 0.1) is 6.10 Å². The third kappa shape index (κ3) is 5.06. The number of carbonyl (C=O) groups excluding carboxylic acids is 1. The molecule has 0 aromatic heterocycles. The zero-order valence-corrected chi connectivity index (χ0v) is 11.9. The number of nitrogens with zero attached hydrogens (tertiary/aromatic N) is 1. The van der Waals surface area contributed by atoms with Crippen molar-refractivity contribution in [3.8, 4) is 0 Å². The Morgan fingerprint density at radius 2 is 2.21 bits per heavy atom. The molecule has 0 saturated carbocycles. The number of aliphatic carboxylic acids is 1. The molecule has 1 aliphatic rings. The van der Waals surface area contributed by atoms with Crippen molar-refractivity contribution >= 4 is 12.0 Å². The van der Waals surface area contributed by atoms with Crippen LogP contribution in [0.5, 0.6) is 0 Å². The Hall–Kier alpha value is -1.30. The number of amides is 2. The molecule has 2 amide bonds. The summed E-state index contributed by atoms with van der Waals surface area (Å²) in [5.41, 5.74) is 0. The van der Waals surface area contributed by atoms with Crippen LogP contribution in [0, 0.1) is 0 Å². The lowest BCUT2D eigenvalue weighted by Gasteiger charge is -2.32. The molecule has 0 aliphatic carbocycles. The van der Waals surface area contributed by atoms with Crippen LogP contribution in [0.2, 0.25) is 0 Å². The van der Waals surface area contributed by atoms with E-state index < -0.39 is 5.97 Å². The van der Waals surface area contributed by atoms with Crippen molar-refractivity contribution < 1.29 is 19.4 Å². The van der Waals surface area contributed by atoms with Crippen LogP contribution in [0.4, 0.5) is 4.79 Å². The lowest BCUT2D eigenvalue weighted by molar-refractivity contribution is -0.138. The molecule has 1 heterocycles. The third-order valence-electron chi connectivity index (χ3n) is 3.50. The van der Waals surface area contributed by atoms with Crippen LogP contribution in [0.25, 0.3) is 0 Å². The average molecular weight is 272 g/mol. The van der Waals surface area contributed by atoms with Crippen molar-refractivity contribution in [2.45, 2.75) is 58.2 Å². The zero-order valence-electron chi connectivity index (χ0n) is 11.9. The lowest BCUT2D eigenvalue weighted by atomic mass is 10.0. The van der Waals surface area contributed by atoms with E-state index in [9.17, 15) is 9.59 Å². The van der Waals surface area contributed by atoms with E-state index in [0.717, 1.165) is 19.3 Å². The maximum Gasteiger partial charge on any atom is 0.323 e. The van der Waals surface area contributed by atoms with Gasteiger partial charge in [0.2, 0.25) is 0 Å². The molecular formula is C13H24N2O4. The van der Waals surface area contributed by atoms with Crippen molar-refractivity contribution in [3.05, 3.63) is 0 Å². The molecule has 6 heteroatoms. The number of carbonyl (C=O) groups is 2. The number of carboxylic acids is 1. The molecule has 6 nitrogen and oxygen atoms in total. The molecule has 0 radical (unpaired) electrons. The van der Waals surface area contributed by atoms with Crippen LogP contribution in [0.1, 0.15) is 40.0 Å². The Labute approximate surface area is 114 Å². The monoisotopic (exact) mass is 272 g/mol. The smallest absolute Gasteiger partial charge is 0.323 e. The molecule has 110 valence electrons. The average Bonchev–Trinajstić information content (AvgIpc) is 2.34. The van der Waals surface area contributed by atoms with Gasteiger partial charge in [-0.2, -0.15) is 0 Å². The standard InChI is InChI=1S/C13H24N2O4/c1-4-9(2)15(8-12(16)17)13(18)14-11-5-6-19-10(3)7-11/h9-11H,4-8H2,1-3H3,(H,14,18)(H,16,17). The van der Waals surface area contributed by atoms with Crippen molar-refractivity contribution in [2.75, 3.05) is 13.2 Å². The van der Waals surface area contributed by atoms with E-state index in [2.05, 4.69) is 5.32 Å². The predicted octanol–water partition coefficient (Wildman–Crippen LogP) is 1.45. The molecule has 3 atom stereocenters. The first kappa shape index (κ1) is 15.8. The fourth-order valence-electron chi connectivity index (χ4n) is 2.18. The zero-order chi connectivity index (χ0) is 14.4. The minimum Gasteiger partial charge on any atom is -0.480 e. The summed E-state index contributed by atoms with van der Waals surface area (Å²) in [5.74, 6) is -0.990. The second-order valence-electron chi connectivity index (χ2n) is 5.13. The Morgan fingerprint density at radius 1 is 1.53 bits per heavy atom. The summed E-state index contributed by atoms with van der Waals surface area (Å²) in [6.07, 6.45) is 2.41. The van der Waals surface area contributed by atoms with E-state index in [1.807, 2.05) is 20.8 Å². The van der Waals surface area contributed by atoms with Gasteiger partial charge in [0, 0.05) is 18.7 Å². The summed E-state index contributed by atoms with van der Waals surface area (Å²) in [5, 5.41) is 11.8. The number of ether oxygens (including phenoxy) is 1. The minimum absolute atomic E-state index is 0.0663.